The predicted octanol–water partition coefficient (Wildman–Crippen LogP) is 3.12. The van der Waals surface area contributed by atoms with E-state index in [2.05, 4.69) is 0 Å². The Balaban J connectivity index is 1.97. The molecule has 4 heteroatoms. The summed E-state index contributed by atoms with van der Waals surface area (Å²) >= 11 is 0. The van der Waals surface area contributed by atoms with Crippen molar-refractivity contribution in [3.63, 3.8) is 0 Å². The second-order valence-corrected chi connectivity index (χ2v) is 5.49. The lowest BCUT2D eigenvalue weighted by Crippen LogP contribution is -2.38. The van der Waals surface area contributed by atoms with Gasteiger partial charge in [0.2, 0.25) is 0 Å². The average molecular weight is 295 g/mol. The molecule has 1 heterocycles. The first kappa shape index (κ1) is 14.3. The Labute approximate surface area is 129 Å². The minimum Gasteiger partial charge on any atom is -0.482 e. The maximum Gasteiger partial charge on any atom is 0.265 e. The fourth-order valence-corrected chi connectivity index (χ4v) is 2.47. The van der Waals surface area contributed by atoms with Gasteiger partial charge in [0.15, 0.2) is 12.4 Å². The molecule has 4 nitrogen and oxygen atoms in total. The van der Waals surface area contributed by atoms with Gasteiger partial charge in [0.25, 0.3) is 5.91 Å². The van der Waals surface area contributed by atoms with Crippen LogP contribution in [0.25, 0.3) is 0 Å². The molecule has 0 N–H and O–H groups in total. The van der Waals surface area contributed by atoms with Gasteiger partial charge in [-0.05, 0) is 37.6 Å². The summed E-state index contributed by atoms with van der Waals surface area (Å²) in [4.78, 5) is 25.5. The molecule has 0 bridgehead atoms. The minimum absolute atomic E-state index is 0.0261. The Bertz CT molecular complexity index is 734. The topological polar surface area (TPSA) is 46.6 Å². The fourth-order valence-electron chi connectivity index (χ4n) is 2.47. The summed E-state index contributed by atoms with van der Waals surface area (Å²) in [6.45, 7) is 4.03. The van der Waals surface area contributed by atoms with Crippen LogP contribution >= 0.6 is 0 Å². The number of Topliss-reactive ketones (excluding diaryl/α,β-unsaturated/α-hetero) is 1. The molecule has 22 heavy (non-hydrogen) atoms. The first-order valence-electron chi connectivity index (χ1n) is 7.18. The van der Waals surface area contributed by atoms with E-state index in [-0.39, 0.29) is 18.3 Å². The number of ether oxygens (including phenoxy) is 1. The third kappa shape index (κ3) is 2.72. The molecule has 0 radical (unpaired) electrons. The van der Waals surface area contributed by atoms with Gasteiger partial charge < -0.3 is 9.64 Å². The van der Waals surface area contributed by atoms with Gasteiger partial charge in [-0.3, -0.25) is 9.59 Å². The molecule has 1 aliphatic heterocycles. The summed E-state index contributed by atoms with van der Waals surface area (Å²) in [7, 11) is 0. The molecule has 0 atom stereocenters. The van der Waals surface area contributed by atoms with E-state index in [1.54, 1.807) is 23.1 Å². The van der Waals surface area contributed by atoms with E-state index < -0.39 is 0 Å². The highest BCUT2D eigenvalue weighted by atomic mass is 16.5. The van der Waals surface area contributed by atoms with Crippen LogP contribution in [0.3, 0.4) is 0 Å². The van der Waals surface area contributed by atoms with E-state index in [1.807, 2.05) is 31.2 Å². The van der Waals surface area contributed by atoms with Crippen LogP contribution in [-0.2, 0) is 11.3 Å². The number of fused-ring (bicyclic) bond motifs is 1. The molecule has 1 amide bonds. The lowest BCUT2D eigenvalue weighted by molar-refractivity contribution is -0.121. The molecule has 0 aliphatic carbocycles. The second kappa shape index (κ2) is 5.64. The first-order valence-corrected chi connectivity index (χ1v) is 7.18. The van der Waals surface area contributed by atoms with Crippen molar-refractivity contribution in [2.75, 3.05) is 11.5 Å². The molecule has 0 saturated carbocycles. The van der Waals surface area contributed by atoms with Gasteiger partial charge in [0, 0.05) is 5.56 Å². The number of ketones is 1. The van der Waals surface area contributed by atoms with Crippen molar-refractivity contribution in [3.05, 3.63) is 59.2 Å². The molecule has 0 aromatic heterocycles. The molecule has 2 aromatic carbocycles. The number of hydrogen-bond acceptors (Lipinski definition) is 3. The summed E-state index contributed by atoms with van der Waals surface area (Å²) in [5, 5.41) is 0. The molecular weight excluding hydrogens is 278 g/mol. The van der Waals surface area contributed by atoms with E-state index in [1.165, 1.54) is 12.5 Å². The molecule has 0 saturated heterocycles. The van der Waals surface area contributed by atoms with Crippen LogP contribution < -0.4 is 9.64 Å². The van der Waals surface area contributed by atoms with Crippen molar-refractivity contribution in [3.8, 4) is 5.75 Å². The van der Waals surface area contributed by atoms with Crippen molar-refractivity contribution in [2.24, 2.45) is 0 Å². The number of nitrogens with zero attached hydrogens (tertiary/aromatic N) is 1. The lowest BCUT2D eigenvalue weighted by Gasteiger charge is -2.29. The normalized spacial score (nSPS) is 13.5. The highest BCUT2D eigenvalue weighted by Gasteiger charge is 2.26. The zero-order valence-electron chi connectivity index (χ0n) is 12.6. The number of carbonyl (C=O) groups excluding carboxylic acids is 2. The highest BCUT2D eigenvalue weighted by Crippen LogP contribution is 2.34. The Hall–Kier alpha value is -2.62. The minimum atomic E-state index is -0.103. The summed E-state index contributed by atoms with van der Waals surface area (Å²) in [5.74, 6) is 0.501. The molecule has 3 rings (SSSR count). The SMILES string of the molecule is CC(=O)c1ccc2c(c1)N(Cc1ccc(C)cc1)C(=O)CO2. The van der Waals surface area contributed by atoms with Gasteiger partial charge >= 0.3 is 0 Å². The molecule has 112 valence electrons. The van der Waals surface area contributed by atoms with Gasteiger partial charge in [-0.1, -0.05) is 29.8 Å². The number of rotatable bonds is 3. The molecule has 1 aliphatic rings. The number of carbonyl (C=O) groups is 2. The Kier molecular flexibility index (Phi) is 3.67. The van der Waals surface area contributed by atoms with Crippen molar-refractivity contribution < 1.29 is 14.3 Å². The summed E-state index contributed by atoms with van der Waals surface area (Å²) in [5.41, 5.74) is 3.45. The monoisotopic (exact) mass is 295 g/mol. The third-order valence-corrected chi connectivity index (χ3v) is 3.77. The van der Waals surface area contributed by atoms with Gasteiger partial charge in [0.1, 0.15) is 5.75 Å². The van der Waals surface area contributed by atoms with Crippen LogP contribution in [0, 0.1) is 6.92 Å². The van der Waals surface area contributed by atoms with Crippen LogP contribution in [0.5, 0.6) is 5.75 Å². The van der Waals surface area contributed by atoms with Crippen molar-refractivity contribution in [1.29, 1.82) is 0 Å². The van der Waals surface area contributed by atoms with Gasteiger partial charge in [-0.15, -0.1) is 0 Å². The zero-order valence-corrected chi connectivity index (χ0v) is 12.6. The largest absolute Gasteiger partial charge is 0.482 e. The molecule has 0 unspecified atom stereocenters. The summed E-state index contributed by atoms with van der Waals surface area (Å²) < 4.78 is 5.46. The quantitative estimate of drug-likeness (QED) is 0.817. The van der Waals surface area contributed by atoms with E-state index >= 15 is 0 Å². The molecular formula is C18H17NO3. The van der Waals surface area contributed by atoms with E-state index in [0.29, 0.717) is 23.5 Å². The van der Waals surface area contributed by atoms with Crippen LogP contribution in [0.1, 0.15) is 28.4 Å². The standard InChI is InChI=1S/C18H17NO3/c1-12-3-5-14(6-4-12)10-19-16-9-15(13(2)20)7-8-17(16)22-11-18(19)21/h3-9H,10-11H2,1-2H3. The third-order valence-electron chi connectivity index (χ3n) is 3.77. The molecule has 2 aromatic rings. The predicted molar refractivity (Wildman–Crippen MR) is 84.3 cm³/mol. The van der Waals surface area contributed by atoms with E-state index in [0.717, 1.165) is 5.56 Å². The van der Waals surface area contributed by atoms with Gasteiger partial charge in [-0.2, -0.15) is 0 Å². The van der Waals surface area contributed by atoms with E-state index in [4.69, 9.17) is 4.74 Å². The zero-order chi connectivity index (χ0) is 15.7. The van der Waals surface area contributed by atoms with Crippen LogP contribution in [-0.4, -0.2) is 18.3 Å². The summed E-state index contributed by atoms with van der Waals surface area (Å²) in [6.07, 6.45) is 0. The van der Waals surface area contributed by atoms with E-state index in [9.17, 15) is 9.59 Å². The van der Waals surface area contributed by atoms with Crippen molar-refractivity contribution in [1.82, 2.24) is 0 Å². The number of anilines is 1. The Morgan fingerprint density at radius 2 is 1.91 bits per heavy atom. The molecule has 0 spiro atoms. The number of amides is 1. The molecule has 0 fully saturated rings. The fraction of sp³-hybridized carbons (Fsp3) is 0.222. The van der Waals surface area contributed by atoms with Gasteiger partial charge in [-0.25, -0.2) is 0 Å². The smallest absolute Gasteiger partial charge is 0.265 e. The lowest BCUT2D eigenvalue weighted by atomic mass is 10.1. The Morgan fingerprint density at radius 1 is 1.18 bits per heavy atom. The maximum absolute atomic E-state index is 12.2. The van der Waals surface area contributed by atoms with Crippen molar-refractivity contribution >= 4 is 17.4 Å². The Morgan fingerprint density at radius 3 is 2.59 bits per heavy atom. The van der Waals surface area contributed by atoms with Crippen LogP contribution in [0.15, 0.2) is 42.5 Å². The number of benzene rings is 2. The highest BCUT2D eigenvalue weighted by molar-refractivity contribution is 6.01. The average Bonchev–Trinajstić information content (AvgIpc) is 2.51. The second-order valence-electron chi connectivity index (χ2n) is 5.49. The van der Waals surface area contributed by atoms with Crippen LogP contribution in [0.2, 0.25) is 0 Å². The van der Waals surface area contributed by atoms with Gasteiger partial charge in [0.05, 0.1) is 12.2 Å². The maximum atomic E-state index is 12.2. The first-order chi connectivity index (χ1) is 10.5. The van der Waals surface area contributed by atoms with Crippen molar-refractivity contribution in [2.45, 2.75) is 20.4 Å². The number of hydrogen-bond donors (Lipinski definition) is 0. The van der Waals surface area contributed by atoms with Crippen LogP contribution in [0.4, 0.5) is 5.69 Å². The number of aryl methyl sites for hydroxylation is 1. The summed E-state index contributed by atoms with van der Waals surface area (Å²) in [6, 6.07) is 13.3.